The molecule has 1 fully saturated rings. The lowest BCUT2D eigenvalue weighted by molar-refractivity contribution is -0.146. The van der Waals surface area contributed by atoms with Gasteiger partial charge in [-0.05, 0) is 0 Å². The van der Waals surface area contributed by atoms with E-state index in [1.807, 2.05) is 0 Å². The molecule has 0 aliphatic carbocycles. The largest absolute Gasteiger partial charge is 0.481 e. The van der Waals surface area contributed by atoms with Crippen LogP contribution in [-0.4, -0.2) is 58.4 Å². The summed E-state index contributed by atoms with van der Waals surface area (Å²) in [7, 11) is 0. The Kier molecular flexibility index (Phi) is 3.87. The van der Waals surface area contributed by atoms with Gasteiger partial charge in [-0.25, -0.2) is 0 Å². The van der Waals surface area contributed by atoms with E-state index >= 15 is 0 Å². The van der Waals surface area contributed by atoms with Crippen molar-refractivity contribution >= 4 is 17.8 Å². The molecule has 1 rings (SSSR count). The Bertz CT molecular complexity index is 316. The van der Waals surface area contributed by atoms with Crippen LogP contribution in [0.5, 0.6) is 0 Å². The van der Waals surface area contributed by atoms with Crippen LogP contribution in [0.25, 0.3) is 0 Å². The molecule has 6 nitrogen and oxygen atoms in total. The Hall–Kier alpha value is -1.59. The minimum absolute atomic E-state index is 0.0846. The van der Waals surface area contributed by atoms with Crippen molar-refractivity contribution < 1.29 is 19.5 Å². The molecular weight excluding hydrogens is 212 g/mol. The first-order valence-electron chi connectivity index (χ1n) is 5.16. The molecule has 16 heavy (non-hydrogen) atoms. The minimum atomic E-state index is -0.957. The highest BCUT2D eigenvalue weighted by Gasteiger charge is 2.31. The van der Waals surface area contributed by atoms with Crippen molar-refractivity contribution in [2.75, 3.05) is 19.6 Å². The number of piperazine rings is 1. The molecule has 0 aromatic rings. The predicted octanol–water partition coefficient (Wildman–Crippen LogP) is -0.460. The first kappa shape index (κ1) is 12.5. The summed E-state index contributed by atoms with van der Waals surface area (Å²) in [6.07, 6.45) is -0.122. The van der Waals surface area contributed by atoms with Crippen LogP contribution in [0, 0.1) is 0 Å². The normalized spacial score (nSPS) is 20.8. The summed E-state index contributed by atoms with van der Waals surface area (Å²) in [6, 6.07) is -0.410. The monoisotopic (exact) mass is 228 g/mol. The third-order valence-electron chi connectivity index (χ3n) is 2.74. The number of hydrogen-bond acceptors (Lipinski definition) is 3. The predicted molar refractivity (Wildman–Crippen MR) is 55.7 cm³/mol. The van der Waals surface area contributed by atoms with Crippen LogP contribution >= 0.6 is 0 Å². The van der Waals surface area contributed by atoms with Crippen LogP contribution in [0.3, 0.4) is 0 Å². The van der Waals surface area contributed by atoms with Gasteiger partial charge in [-0.3, -0.25) is 14.4 Å². The lowest BCUT2D eigenvalue weighted by Gasteiger charge is -2.40. The molecule has 0 bridgehead atoms. The Morgan fingerprint density at radius 3 is 2.25 bits per heavy atom. The SMILES string of the molecule is CC(=O)N1CCN(C(C)=O)[C@H](CC(=O)O)C1. The van der Waals surface area contributed by atoms with Crippen molar-refractivity contribution in [2.24, 2.45) is 0 Å². The summed E-state index contributed by atoms with van der Waals surface area (Å²) in [5.41, 5.74) is 0. The molecule has 90 valence electrons. The number of carboxylic acid groups (broad SMARTS) is 1. The fraction of sp³-hybridized carbons (Fsp3) is 0.700. The van der Waals surface area contributed by atoms with Gasteiger partial charge < -0.3 is 14.9 Å². The van der Waals surface area contributed by atoms with E-state index in [1.54, 1.807) is 4.90 Å². The summed E-state index contributed by atoms with van der Waals surface area (Å²) >= 11 is 0. The average Bonchev–Trinajstić information content (AvgIpc) is 2.15. The second-order valence-electron chi connectivity index (χ2n) is 3.93. The molecule has 0 aromatic heterocycles. The van der Waals surface area contributed by atoms with Gasteiger partial charge in [0.2, 0.25) is 11.8 Å². The van der Waals surface area contributed by atoms with Gasteiger partial charge in [0.1, 0.15) is 0 Å². The molecule has 1 saturated heterocycles. The highest BCUT2D eigenvalue weighted by Crippen LogP contribution is 2.13. The Morgan fingerprint density at radius 1 is 1.19 bits per heavy atom. The molecule has 1 atom stereocenters. The first-order chi connectivity index (χ1) is 7.41. The van der Waals surface area contributed by atoms with Gasteiger partial charge in [-0.1, -0.05) is 0 Å². The van der Waals surface area contributed by atoms with Crippen molar-refractivity contribution in [3.63, 3.8) is 0 Å². The third kappa shape index (κ3) is 2.95. The van der Waals surface area contributed by atoms with Gasteiger partial charge >= 0.3 is 5.97 Å². The smallest absolute Gasteiger partial charge is 0.305 e. The number of amides is 2. The molecule has 1 heterocycles. The lowest BCUT2D eigenvalue weighted by atomic mass is 10.1. The molecule has 0 radical (unpaired) electrons. The van der Waals surface area contributed by atoms with Crippen LogP contribution in [0.2, 0.25) is 0 Å². The van der Waals surface area contributed by atoms with Gasteiger partial charge in [0.25, 0.3) is 0 Å². The summed E-state index contributed by atoms with van der Waals surface area (Å²) < 4.78 is 0. The molecule has 2 amide bonds. The zero-order valence-corrected chi connectivity index (χ0v) is 9.47. The zero-order chi connectivity index (χ0) is 12.3. The number of aliphatic carboxylic acids is 1. The number of rotatable bonds is 2. The highest BCUT2D eigenvalue weighted by molar-refractivity contribution is 5.77. The fourth-order valence-electron chi connectivity index (χ4n) is 1.93. The number of hydrogen-bond donors (Lipinski definition) is 1. The molecule has 1 aliphatic rings. The molecule has 1 N–H and O–H groups in total. The van der Waals surface area contributed by atoms with Gasteiger partial charge in [-0.2, -0.15) is 0 Å². The lowest BCUT2D eigenvalue weighted by Crippen LogP contribution is -2.56. The zero-order valence-electron chi connectivity index (χ0n) is 9.47. The maximum absolute atomic E-state index is 11.3. The Morgan fingerprint density at radius 2 is 1.81 bits per heavy atom. The van der Waals surface area contributed by atoms with Gasteiger partial charge in [0, 0.05) is 33.5 Å². The summed E-state index contributed by atoms with van der Waals surface area (Å²) in [5.74, 6) is -1.19. The van der Waals surface area contributed by atoms with Gasteiger partial charge in [0.15, 0.2) is 0 Å². The molecular formula is C10H16N2O4. The van der Waals surface area contributed by atoms with Crippen LogP contribution in [0.4, 0.5) is 0 Å². The number of nitrogens with zero attached hydrogens (tertiary/aromatic N) is 2. The maximum atomic E-state index is 11.3. The quantitative estimate of drug-likeness (QED) is 0.693. The van der Waals surface area contributed by atoms with Crippen molar-refractivity contribution in [3.05, 3.63) is 0 Å². The topological polar surface area (TPSA) is 77.9 Å². The third-order valence-corrected chi connectivity index (χ3v) is 2.74. The second-order valence-corrected chi connectivity index (χ2v) is 3.93. The fourth-order valence-corrected chi connectivity index (χ4v) is 1.93. The van der Waals surface area contributed by atoms with E-state index in [0.29, 0.717) is 19.6 Å². The van der Waals surface area contributed by atoms with Gasteiger partial charge in [-0.15, -0.1) is 0 Å². The van der Waals surface area contributed by atoms with Crippen LogP contribution in [0.15, 0.2) is 0 Å². The van der Waals surface area contributed by atoms with E-state index in [2.05, 4.69) is 0 Å². The van der Waals surface area contributed by atoms with Crippen LogP contribution in [-0.2, 0) is 14.4 Å². The average molecular weight is 228 g/mol. The molecule has 0 saturated carbocycles. The van der Waals surface area contributed by atoms with E-state index in [4.69, 9.17) is 5.11 Å². The Labute approximate surface area is 93.8 Å². The van der Waals surface area contributed by atoms with E-state index in [1.165, 1.54) is 18.7 Å². The number of carbonyl (C=O) groups is 3. The maximum Gasteiger partial charge on any atom is 0.305 e. The van der Waals surface area contributed by atoms with Crippen LogP contribution in [0.1, 0.15) is 20.3 Å². The minimum Gasteiger partial charge on any atom is -0.481 e. The molecule has 0 unspecified atom stereocenters. The van der Waals surface area contributed by atoms with E-state index in [0.717, 1.165) is 0 Å². The van der Waals surface area contributed by atoms with Crippen molar-refractivity contribution in [1.29, 1.82) is 0 Å². The van der Waals surface area contributed by atoms with Crippen LogP contribution < -0.4 is 0 Å². The van der Waals surface area contributed by atoms with Gasteiger partial charge in [0.05, 0.1) is 12.5 Å². The van der Waals surface area contributed by atoms with Crippen molar-refractivity contribution in [3.8, 4) is 0 Å². The standard InChI is InChI=1S/C10H16N2O4/c1-7(13)11-3-4-12(8(2)14)9(6-11)5-10(15)16/h9H,3-6H2,1-2H3,(H,15,16)/t9-/m1/s1. The van der Waals surface area contributed by atoms with Crippen molar-refractivity contribution in [2.45, 2.75) is 26.3 Å². The molecule has 0 aromatic carbocycles. The summed E-state index contributed by atoms with van der Waals surface area (Å²) in [6.45, 7) is 4.05. The number of carboxylic acids is 1. The molecule has 0 spiro atoms. The first-order valence-corrected chi connectivity index (χ1v) is 5.16. The van der Waals surface area contributed by atoms with E-state index < -0.39 is 12.0 Å². The second kappa shape index (κ2) is 4.96. The van der Waals surface area contributed by atoms with E-state index in [9.17, 15) is 14.4 Å². The Balaban J connectivity index is 2.72. The number of carbonyl (C=O) groups excluding carboxylic acids is 2. The van der Waals surface area contributed by atoms with Crippen molar-refractivity contribution in [1.82, 2.24) is 9.80 Å². The van der Waals surface area contributed by atoms with E-state index in [-0.39, 0.29) is 18.2 Å². The highest BCUT2D eigenvalue weighted by atomic mass is 16.4. The molecule has 1 aliphatic heterocycles. The molecule has 6 heteroatoms. The summed E-state index contributed by atoms with van der Waals surface area (Å²) in [4.78, 5) is 36.2. The summed E-state index contributed by atoms with van der Waals surface area (Å²) in [5, 5.41) is 8.75.